The minimum atomic E-state index is 0.317. The zero-order valence-corrected chi connectivity index (χ0v) is 10.7. The summed E-state index contributed by atoms with van der Waals surface area (Å²) in [6.07, 6.45) is 8.45. The molecule has 3 heteroatoms. The molecule has 0 bridgehead atoms. The third-order valence-electron chi connectivity index (χ3n) is 3.44. The van der Waals surface area contributed by atoms with Gasteiger partial charge in [-0.25, -0.2) is 0 Å². The average Bonchev–Trinajstić information content (AvgIpc) is 3.01. The maximum atomic E-state index is 5.82. The Bertz CT molecular complexity index is 291. The summed E-state index contributed by atoms with van der Waals surface area (Å²) in [7, 11) is 0. The zero-order chi connectivity index (χ0) is 11.9. The van der Waals surface area contributed by atoms with E-state index >= 15 is 0 Å². The van der Waals surface area contributed by atoms with Crippen LogP contribution in [0.5, 0.6) is 0 Å². The van der Waals surface area contributed by atoms with Crippen molar-refractivity contribution in [3.8, 4) is 0 Å². The first-order valence-corrected chi connectivity index (χ1v) is 6.78. The third-order valence-corrected chi connectivity index (χ3v) is 3.44. The van der Waals surface area contributed by atoms with Crippen molar-refractivity contribution in [3.63, 3.8) is 0 Å². The van der Waals surface area contributed by atoms with Crippen LogP contribution in [0.4, 0.5) is 0 Å². The molecule has 1 atom stereocenters. The second-order valence-corrected chi connectivity index (χ2v) is 4.71. The monoisotopic (exact) mass is 237 g/mol. The fourth-order valence-corrected chi connectivity index (χ4v) is 2.45. The molecule has 0 spiro atoms. The van der Waals surface area contributed by atoms with Gasteiger partial charge in [0, 0.05) is 6.54 Å². The van der Waals surface area contributed by atoms with Crippen LogP contribution in [0.15, 0.2) is 22.8 Å². The topological polar surface area (TPSA) is 34.4 Å². The fourth-order valence-electron chi connectivity index (χ4n) is 2.45. The zero-order valence-electron chi connectivity index (χ0n) is 10.7. The Morgan fingerprint density at radius 1 is 1.47 bits per heavy atom. The third kappa shape index (κ3) is 3.86. The lowest BCUT2D eigenvalue weighted by Gasteiger charge is -2.16. The minimum Gasteiger partial charge on any atom is -0.468 e. The molecule has 1 aromatic rings. The lowest BCUT2D eigenvalue weighted by molar-refractivity contribution is 0.0587. The van der Waals surface area contributed by atoms with Crippen molar-refractivity contribution >= 4 is 0 Å². The lowest BCUT2D eigenvalue weighted by atomic mass is 10.2. The van der Waals surface area contributed by atoms with Gasteiger partial charge in [-0.15, -0.1) is 0 Å². The second-order valence-electron chi connectivity index (χ2n) is 4.71. The number of hydrogen-bond acceptors (Lipinski definition) is 3. The van der Waals surface area contributed by atoms with E-state index in [1.165, 1.54) is 25.7 Å². The van der Waals surface area contributed by atoms with Crippen molar-refractivity contribution in [2.24, 2.45) is 0 Å². The molecule has 0 aliphatic heterocycles. The van der Waals surface area contributed by atoms with E-state index in [1.54, 1.807) is 6.26 Å². The molecule has 3 nitrogen and oxygen atoms in total. The van der Waals surface area contributed by atoms with Crippen molar-refractivity contribution in [1.29, 1.82) is 0 Å². The molecular weight excluding hydrogens is 214 g/mol. The van der Waals surface area contributed by atoms with Crippen molar-refractivity contribution in [1.82, 2.24) is 5.32 Å². The molecule has 1 aliphatic carbocycles. The summed E-state index contributed by atoms with van der Waals surface area (Å²) in [5.41, 5.74) is 0. The van der Waals surface area contributed by atoms with Crippen LogP contribution in [0, 0.1) is 0 Å². The predicted molar refractivity (Wildman–Crippen MR) is 68.0 cm³/mol. The smallest absolute Gasteiger partial charge is 0.120 e. The standard InChI is InChI=1S/C14H23NO2/c1-2-13(14-8-5-10-17-14)15-9-11-16-12-6-3-4-7-12/h5,8,10,12-13,15H,2-4,6-7,9,11H2,1H3. The number of hydrogen-bond donors (Lipinski definition) is 1. The molecule has 0 radical (unpaired) electrons. The summed E-state index contributed by atoms with van der Waals surface area (Å²) in [5, 5.41) is 3.48. The molecule has 0 aromatic carbocycles. The first-order chi connectivity index (χ1) is 8.40. The molecule has 1 heterocycles. The van der Waals surface area contributed by atoms with E-state index < -0.39 is 0 Å². The van der Waals surface area contributed by atoms with Crippen molar-refractivity contribution in [2.75, 3.05) is 13.2 Å². The SMILES string of the molecule is CCC(NCCOC1CCCC1)c1ccco1. The van der Waals surface area contributed by atoms with Gasteiger partial charge in [-0.3, -0.25) is 0 Å². The van der Waals surface area contributed by atoms with E-state index in [0.29, 0.717) is 12.1 Å². The van der Waals surface area contributed by atoms with Gasteiger partial charge in [0.25, 0.3) is 0 Å². The Kier molecular flexibility index (Phi) is 5.08. The van der Waals surface area contributed by atoms with Crippen molar-refractivity contribution < 1.29 is 9.15 Å². The normalized spacial score (nSPS) is 18.6. The highest BCUT2D eigenvalue weighted by Gasteiger charge is 2.15. The number of ether oxygens (including phenoxy) is 1. The van der Waals surface area contributed by atoms with Crippen LogP contribution in [0.25, 0.3) is 0 Å². The van der Waals surface area contributed by atoms with Gasteiger partial charge in [-0.2, -0.15) is 0 Å². The molecule has 1 N–H and O–H groups in total. The van der Waals surface area contributed by atoms with Gasteiger partial charge in [0.2, 0.25) is 0 Å². The highest BCUT2D eigenvalue weighted by molar-refractivity contribution is 5.03. The van der Waals surface area contributed by atoms with E-state index in [4.69, 9.17) is 9.15 Å². The van der Waals surface area contributed by atoms with Gasteiger partial charge >= 0.3 is 0 Å². The number of furan rings is 1. The molecule has 1 aromatic heterocycles. The maximum Gasteiger partial charge on any atom is 0.120 e. The first-order valence-electron chi connectivity index (χ1n) is 6.78. The van der Waals surface area contributed by atoms with Gasteiger partial charge in [-0.1, -0.05) is 19.8 Å². The molecule has 1 fully saturated rings. The molecule has 2 rings (SSSR count). The molecule has 0 saturated heterocycles. The molecule has 1 aliphatic rings. The molecule has 17 heavy (non-hydrogen) atoms. The van der Waals surface area contributed by atoms with Crippen LogP contribution in [-0.2, 0) is 4.74 Å². The van der Waals surface area contributed by atoms with Crippen LogP contribution in [0.2, 0.25) is 0 Å². The van der Waals surface area contributed by atoms with Crippen molar-refractivity contribution in [3.05, 3.63) is 24.2 Å². The predicted octanol–water partition coefficient (Wildman–Crippen LogP) is 3.28. The Morgan fingerprint density at radius 2 is 2.29 bits per heavy atom. The summed E-state index contributed by atoms with van der Waals surface area (Å²) in [6.45, 7) is 3.87. The van der Waals surface area contributed by atoms with E-state index in [1.807, 2.05) is 12.1 Å². The molecular formula is C14H23NO2. The van der Waals surface area contributed by atoms with Gasteiger partial charge in [-0.05, 0) is 31.4 Å². The molecule has 0 amide bonds. The largest absolute Gasteiger partial charge is 0.468 e. The first kappa shape index (κ1) is 12.7. The Morgan fingerprint density at radius 3 is 2.94 bits per heavy atom. The Hall–Kier alpha value is -0.800. The van der Waals surface area contributed by atoms with Gasteiger partial charge < -0.3 is 14.5 Å². The number of rotatable bonds is 7. The summed E-state index contributed by atoms with van der Waals surface area (Å²) in [5.74, 6) is 1.02. The van der Waals surface area contributed by atoms with Crippen LogP contribution in [0.1, 0.15) is 50.8 Å². The van der Waals surface area contributed by atoms with E-state index in [0.717, 1.165) is 25.3 Å². The summed E-state index contributed by atoms with van der Waals surface area (Å²) in [6, 6.07) is 4.28. The fraction of sp³-hybridized carbons (Fsp3) is 0.714. The second kappa shape index (κ2) is 6.82. The Labute approximate surface area is 104 Å². The van der Waals surface area contributed by atoms with Crippen molar-refractivity contribution in [2.45, 2.75) is 51.2 Å². The van der Waals surface area contributed by atoms with Gasteiger partial charge in [0.15, 0.2) is 0 Å². The number of nitrogens with one attached hydrogen (secondary N) is 1. The van der Waals surface area contributed by atoms with E-state index in [-0.39, 0.29) is 0 Å². The molecule has 96 valence electrons. The lowest BCUT2D eigenvalue weighted by Crippen LogP contribution is -2.26. The Balaban J connectivity index is 1.63. The van der Waals surface area contributed by atoms with Crippen LogP contribution >= 0.6 is 0 Å². The van der Waals surface area contributed by atoms with E-state index in [2.05, 4.69) is 12.2 Å². The summed E-state index contributed by atoms with van der Waals surface area (Å²) >= 11 is 0. The molecule has 1 saturated carbocycles. The van der Waals surface area contributed by atoms with Gasteiger partial charge in [0.1, 0.15) is 5.76 Å². The van der Waals surface area contributed by atoms with Crippen LogP contribution < -0.4 is 5.32 Å². The average molecular weight is 237 g/mol. The minimum absolute atomic E-state index is 0.317. The maximum absolute atomic E-state index is 5.82. The highest BCUT2D eigenvalue weighted by atomic mass is 16.5. The van der Waals surface area contributed by atoms with Gasteiger partial charge in [0.05, 0.1) is 25.0 Å². The quantitative estimate of drug-likeness (QED) is 0.739. The van der Waals surface area contributed by atoms with E-state index in [9.17, 15) is 0 Å². The highest BCUT2D eigenvalue weighted by Crippen LogP contribution is 2.21. The molecule has 1 unspecified atom stereocenters. The summed E-state index contributed by atoms with van der Waals surface area (Å²) in [4.78, 5) is 0. The van der Waals surface area contributed by atoms with Crippen LogP contribution in [-0.4, -0.2) is 19.3 Å². The van der Waals surface area contributed by atoms with Crippen LogP contribution in [0.3, 0.4) is 0 Å². The summed E-state index contributed by atoms with van der Waals surface area (Å²) < 4.78 is 11.2.